The van der Waals surface area contributed by atoms with Crippen LogP contribution in [0.2, 0.25) is 0 Å². The van der Waals surface area contributed by atoms with Gasteiger partial charge in [-0.15, -0.1) is 11.8 Å². The van der Waals surface area contributed by atoms with Crippen LogP contribution in [0.25, 0.3) is 0 Å². The number of aryl methyl sites for hydroxylation is 1. The van der Waals surface area contributed by atoms with E-state index in [0.29, 0.717) is 0 Å². The van der Waals surface area contributed by atoms with Crippen LogP contribution in [-0.4, -0.2) is 9.55 Å². The molecule has 0 unspecified atom stereocenters. The third-order valence-corrected chi connectivity index (χ3v) is 2.66. The zero-order chi connectivity index (χ0) is 7.84. The number of rotatable bonds is 0. The standard InChI is InChI=1S/C7H8N2OS/c1-5-2-8-6-3-11-4-9(6)7(5)10/h2H,3-4H2,1H3. The highest BCUT2D eigenvalue weighted by Gasteiger charge is 2.13. The van der Waals surface area contributed by atoms with E-state index in [1.165, 1.54) is 0 Å². The molecule has 0 saturated carbocycles. The van der Waals surface area contributed by atoms with Gasteiger partial charge in [0.05, 0.1) is 11.6 Å². The van der Waals surface area contributed by atoms with E-state index in [0.717, 1.165) is 23.0 Å². The van der Waals surface area contributed by atoms with E-state index in [-0.39, 0.29) is 5.56 Å². The summed E-state index contributed by atoms with van der Waals surface area (Å²) in [5.41, 5.74) is 0.844. The lowest BCUT2D eigenvalue weighted by Gasteiger charge is -1.99. The maximum absolute atomic E-state index is 11.4. The van der Waals surface area contributed by atoms with Crippen LogP contribution < -0.4 is 5.56 Å². The molecule has 1 aliphatic rings. The highest BCUT2D eigenvalue weighted by atomic mass is 32.2. The minimum atomic E-state index is 0.111. The van der Waals surface area contributed by atoms with Gasteiger partial charge in [0.1, 0.15) is 5.82 Å². The molecule has 1 aromatic heterocycles. The van der Waals surface area contributed by atoms with Crippen molar-refractivity contribution in [3.8, 4) is 0 Å². The summed E-state index contributed by atoms with van der Waals surface area (Å²) in [6.07, 6.45) is 1.65. The molecule has 2 rings (SSSR count). The Morgan fingerprint density at radius 3 is 3.36 bits per heavy atom. The topological polar surface area (TPSA) is 34.9 Å². The minimum absolute atomic E-state index is 0.111. The highest BCUT2D eigenvalue weighted by molar-refractivity contribution is 7.97. The minimum Gasteiger partial charge on any atom is -0.286 e. The van der Waals surface area contributed by atoms with Crippen LogP contribution >= 0.6 is 11.8 Å². The van der Waals surface area contributed by atoms with E-state index in [1.807, 2.05) is 0 Å². The molecule has 0 saturated heterocycles. The molecule has 0 aromatic carbocycles. The van der Waals surface area contributed by atoms with E-state index in [4.69, 9.17) is 0 Å². The Morgan fingerprint density at radius 1 is 1.73 bits per heavy atom. The first-order chi connectivity index (χ1) is 5.29. The molecule has 1 aliphatic heterocycles. The van der Waals surface area contributed by atoms with Crippen molar-refractivity contribution in [2.75, 3.05) is 0 Å². The zero-order valence-electron chi connectivity index (χ0n) is 6.20. The molecule has 0 spiro atoms. The number of aromatic nitrogens is 2. The van der Waals surface area contributed by atoms with Crippen LogP contribution in [-0.2, 0) is 11.6 Å². The summed E-state index contributed by atoms with van der Waals surface area (Å²) in [6.45, 7) is 1.80. The van der Waals surface area contributed by atoms with Gasteiger partial charge in [0.15, 0.2) is 0 Å². The van der Waals surface area contributed by atoms with Crippen LogP contribution in [0, 0.1) is 6.92 Å². The van der Waals surface area contributed by atoms with Gasteiger partial charge in [-0.25, -0.2) is 4.98 Å². The Balaban J connectivity index is 2.72. The maximum Gasteiger partial charge on any atom is 0.257 e. The molecule has 0 atom stereocenters. The second kappa shape index (κ2) is 2.37. The fraction of sp³-hybridized carbons (Fsp3) is 0.429. The summed E-state index contributed by atoms with van der Waals surface area (Å²) in [4.78, 5) is 15.5. The molecule has 3 nitrogen and oxygen atoms in total. The molecule has 0 fully saturated rings. The van der Waals surface area contributed by atoms with Gasteiger partial charge < -0.3 is 0 Å². The molecule has 58 valence electrons. The molecule has 2 heterocycles. The van der Waals surface area contributed by atoms with Crippen LogP contribution in [0.15, 0.2) is 11.0 Å². The zero-order valence-corrected chi connectivity index (χ0v) is 7.02. The first kappa shape index (κ1) is 6.91. The molecule has 4 heteroatoms. The van der Waals surface area contributed by atoms with E-state index < -0.39 is 0 Å². The Kier molecular flexibility index (Phi) is 1.49. The van der Waals surface area contributed by atoms with E-state index in [1.54, 1.807) is 29.4 Å². The summed E-state index contributed by atoms with van der Waals surface area (Å²) in [6, 6.07) is 0. The third kappa shape index (κ3) is 0.976. The van der Waals surface area contributed by atoms with Crippen LogP contribution in [0.5, 0.6) is 0 Å². The molecule has 0 N–H and O–H groups in total. The van der Waals surface area contributed by atoms with E-state index in [2.05, 4.69) is 4.98 Å². The van der Waals surface area contributed by atoms with Crippen molar-refractivity contribution in [3.63, 3.8) is 0 Å². The number of thioether (sulfide) groups is 1. The Bertz CT molecular complexity index is 345. The third-order valence-electron chi connectivity index (χ3n) is 1.75. The number of nitrogens with zero attached hydrogens (tertiary/aromatic N) is 2. The average molecular weight is 168 g/mol. The smallest absolute Gasteiger partial charge is 0.257 e. The summed E-state index contributed by atoms with van der Waals surface area (Å²) in [5, 5.41) is 0. The Labute approximate surface area is 68.5 Å². The van der Waals surface area contributed by atoms with Gasteiger partial charge in [0, 0.05) is 11.8 Å². The van der Waals surface area contributed by atoms with Gasteiger partial charge in [-0.3, -0.25) is 9.36 Å². The van der Waals surface area contributed by atoms with Crippen molar-refractivity contribution >= 4 is 11.8 Å². The first-order valence-electron chi connectivity index (χ1n) is 3.42. The van der Waals surface area contributed by atoms with Crippen LogP contribution in [0.1, 0.15) is 11.4 Å². The highest BCUT2D eigenvalue weighted by Crippen LogP contribution is 2.18. The average Bonchev–Trinajstić information content (AvgIpc) is 2.45. The predicted octanol–water partition coefficient (Wildman–Crippen LogP) is 0.756. The van der Waals surface area contributed by atoms with Gasteiger partial charge in [-0.2, -0.15) is 0 Å². The normalized spacial score (nSPS) is 15.0. The van der Waals surface area contributed by atoms with Crippen molar-refractivity contribution in [2.24, 2.45) is 0 Å². The summed E-state index contributed by atoms with van der Waals surface area (Å²) in [7, 11) is 0. The fourth-order valence-electron chi connectivity index (χ4n) is 1.10. The predicted molar refractivity (Wildman–Crippen MR) is 44.5 cm³/mol. The molecular formula is C7H8N2OS. The molecule has 0 bridgehead atoms. The summed E-state index contributed by atoms with van der Waals surface area (Å²) < 4.78 is 1.74. The van der Waals surface area contributed by atoms with Gasteiger partial charge >= 0.3 is 0 Å². The second-order valence-corrected chi connectivity index (χ2v) is 3.52. The van der Waals surface area contributed by atoms with E-state index in [9.17, 15) is 4.79 Å². The van der Waals surface area contributed by atoms with Gasteiger partial charge in [0.2, 0.25) is 0 Å². The van der Waals surface area contributed by atoms with Gasteiger partial charge in [0.25, 0.3) is 5.56 Å². The van der Waals surface area contributed by atoms with E-state index >= 15 is 0 Å². The lowest BCUT2D eigenvalue weighted by atomic mass is 10.4. The number of fused-ring (bicyclic) bond motifs is 1. The molecule has 0 aliphatic carbocycles. The monoisotopic (exact) mass is 168 g/mol. The molecule has 0 amide bonds. The molecular weight excluding hydrogens is 160 g/mol. The van der Waals surface area contributed by atoms with Crippen LogP contribution in [0.4, 0.5) is 0 Å². The van der Waals surface area contributed by atoms with Crippen molar-refractivity contribution in [1.29, 1.82) is 0 Å². The Morgan fingerprint density at radius 2 is 2.55 bits per heavy atom. The lowest BCUT2D eigenvalue weighted by Crippen LogP contribution is -2.22. The summed E-state index contributed by atoms with van der Waals surface area (Å²) >= 11 is 1.73. The van der Waals surface area contributed by atoms with Crippen LogP contribution in [0.3, 0.4) is 0 Å². The summed E-state index contributed by atoms with van der Waals surface area (Å²) in [5.74, 6) is 2.55. The largest absolute Gasteiger partial charge is 0.286 e. The second-order valence-electron chi connectivity index (χ2n) is 2.57. The van der Waals surface area contributed by atoms with Crippen molar-refractivity contribution in [1.82, 2.24) is 9.55 Å². The van der Waals surface area contributed by atoms with Gasteiger partial charge in [-0.1, -0.05) is 0 Å². The number of hydrogen-bond acceptors (Lipinski definition) is 3. The quantitative estimate of drug-likeness (QED) is 0.573. The first-order valence-corrected chi connectivity index (χ1v) is 4.57. The fourth-order valence-corrected chi connectivity index (χ4v) is 2.06. The van der Waals surface area contributed by atoms with Crippen molar-refractivity contribution < 1.29 is 0 Å². The van der Waals surface area contributed by atoms with Gasteiger partial charge in [-0.05, 0) is 6.92 Å². The number of hydrogen-bond donors (Lipinski definition) is 0. The van der Waals surface area contributed by atoms with Crippen molar-refractivity contribution in [3.05, 3.63) is 27.9 Å². The molecule has 0 radical (unpaired) electrons. The lowest BCUT2D eigenvalue weighted by molar-refractivity contribution is 0.771. The maximum atomic E-state index is 11.4. The molecule has 1 aromatic rings. The SMILES string of the molecule is Cc1cnc2n(c1=O)CSC2. The Hall–Kier alpha value is -0.770. The van der Waals surface area contributed by atoms with Crippen molar-refractivity contribution in [2.45, 2.75) is 18.6 Å². The molecule has 11 heavy (non-hydrogen) atoms.